The summed E-state index contributed by atoms with van der Waals surface area (Å²) in [5, 5.41) is 2.17. The van der Waals surface area contributed by atoms with Crippen molar-refractivity contribution in [1.29, 1.82) is 0 Å². The number of fused-ring (bicyclic) bond motifs is 2. The average Bonchev–Trinajstić information content (AvgIpc) is 3.36. The highest BCUT2D eigenvalue weighted by molar-refractivity contribution is 7.92. The van der Waals surface area contributed by atoms with Crippen LogP contribution in [0.25, 0.3) is 27.9 Å². The molecule has 0 aliphatic carbocycles. The fraction of sp³-hybridized carbons (Fsp3) is 0. The minimum absolute atomic E-state index is 0.0318. The van der Waals surface area contributed by atoms with Gasteiger partial charge in [0.1, 0.15) is 46.2 Å². The highest BCUT2D eigenvalue weighted by Crippen LogP contribution is 2.32. The molecule has 0 spiro atoms. The molecule has 3 aromatic heterocycles. The number of nitrogens with zero attached hydrogens (tertiary/aromatic N) is 5. The van der Waals surface area contributed by atoms with E-state index in [1.807, 2.05) is 29.0 Å². The molecule has 40 heavy (non-hydrogen) atoms. The van der Waals surface area contributed by atoms with Crippen molar-refractivity contribution in [3.63, 3.8) is 0 Å². The van der Waals surface area contributed by atoms with Crippen LogP contribution in [0.4, 0.5) is 30.4 Å². The molecule has 3 aromatic carbocycles. The van der Waals surface area contributed by atoms with Crippen LogP contribution < -0.4 is 10.0 Å². The third-order valence-corrected chi connectivity index (χ3v) is 7.78. The summed E-state index contributed by atoms with van der Waals surface area (Å²) >= 11 is 5.87. The molecule has 0 unspecified atom stereocenters. The van der Waals surface area contributed by atoms with Gasteiger partial charge in [-0.1, -0.05) is 23.7 Å². The first-order valence-corrected chi connectivity index (χ1v) is 13.3. The summed E-state index contributed by atoms with van der Waals surface area (Å²) in [6.07, 6.45) is 2.79. The lowest BCUT2D eigenvalue weighted by molar-refractivity contribution is 0.588. The quantitative estimate of drug-likeness (QED) is 0.249. The number of halogens is 4. The molecule has 0 saturated carbocycles. The van der Waals surface area contributed by atoms with Crippen molar-refractivity contribution < 1.29 is 21.6 Å². The Morgan fingerprint density at radius 3 is 2.52 bits per heavy atom. The van der Waals surface area contributed by atoms with Crippen molar-refractivity contribution in [3.05, 3.63) is 102 Å². The van der Waals surface area contributed by atoms with Gasteiger partial charge in [0, 0.05) is 0 Å². The standard InChI is InChI=1S/C26H15ClF3N7O2S/c27-15-11-14(28)5-9-21(15)40(38,39)36-18-7-6-16(29)24(23(18)30)35-26-25-19(31-12-32-26)8-10-22(34-25)37-13-33-17-3-1-2-4-20(17)37/h1-13,36H,(H,31,32,35). The maximum atomic E-state index is 15.5. The Kier molecular flexibility index (Phi) is 6.24. The molecule has 0 radical (unpaired) electrons. The molecule has 0 saturated heterocycles. The second-order valence-electron chi connectivity index (χ2n) is 8.45. The van der Waals surface area contributed by atoms with E-state index < -0.39 is 48.8 Å². The summed E-state index contributed by atoms with van der Waals surface area (Å²) in [4.78, 5) is 16.7. The number of imidazole rings is 1. The van der Waals surface area contributed by atoms with Crippen LogP contribution in [0.2, 0.25) is 5.02 Å². The van der Waals surface area contributed by atoms with E-state index in [0.29, 0.717) is 11.3 Å². The molecule has 14 heteroatoms. The summed E-state index contributed by atoms with van der Waals surface area (Å²) in [6, 6.07) is 15.2. The molecule has 200 valence electrons. The molecule has 0 atom stereocenters. The van der Waals surface area contributed by atoms with Crippen LogP contribution in [0.5, 0.6) is 0 Å². The second kappa shape index (κ2) is 9.77. The molecular formula is C26H15ClF3N7O2S. The Balaban J connectivity index is 1.39. The molecule has 6 rings (SSSR count). The fourth-order valence-corrected chi connectivity index (χ4v) is 5.65. The van der Waals surface area contributed by atoms with Gasteiger partial charge in [-0.25, -0.2) is 41.5 Å². The van der Waals surface area contributed by atoms with Crippen LogP contribution in [-0.4, -0.2) is 32.9 Å². The van der Waals surface area contributed by atoms with Gasteiger partial charge in [0.05, 0.1) is 27.3 Å². The highest BCUT2D eigenvalue weighted by atomic mass is 35.5. The Morgan fingerprint density at radius 1 is 0.875 bits per heavy atom. The highest BCUT2D eigenvalue weighted by Gasteiger charge is 2.23. The van der Waals surface area contributed by atoms with Crippen molar-refractivity contribution in [3.8, 4) is 5.82 Å². The fourth-order valence-electron chi connectivity index (χ4n) is 4.05. The first-order valence-electron chi connectivity index (χ1n) is 11.5. The number of rotatable bonds is 6. The monoisotopic (exact) mass is 581 g/mol. The second-order valence-corrected chi connectivity index (χ2v) is 10.5. The molecule has 0 bridgehead atoms. The Morgan fingerprint density at radius 2 is 1.70 bits per heavy atom. The van der Waals surface area contributed by atoms with Gasteiger partial charge in [0.2, 0.25) is 0 Å². The summed E-state index contributed by atoms with van der Waals surface area (Å²) in [5.74, 6) is -2.61. The van der Waals surface area contributed by atoms with Gasteiger partial charge in [-0.05, 0) is 54.6 Å². The van der Waals surface area contributed by atoms with Crippen molar-refractivity contribution in [2.24, 2.45) is 0 Å². The number of benzene rings is 3. The molecule has 0 aliphatic rings. The topological polar surface area (TPSA) is 115 Å². The summed E-state index contributed by atoms with van der Waals surface area (Å²) in [6.45, 7) is 0. The van der Waals surface area contributed by atoms with Gasteiger partial charge in [-0.15, -0.1) is 0 Å². The third kappa shape index (κ3) is 4.54. The normalized spacial score (nSPS) is 11.7. The van der Waals surface area contributed by atoms with E-state index in [0.717, 1.165) is 41.4 Å². The number of hydrogen-bond acceptors (Lipinski definition) is 7. The smallest absolute Gasteiger partial charge is 0.263 e. The average molecular weight is 582 g/mol. The maximum Gasteiger partial charge on any atom is 0.263 e. The van der Waals surface area contributed by atoms with E-state index in [-0.39, 0.29) is 11.3 Å². The van der Waals surface area contributed by atoms with E-state index in [4.69, 9.17) is 11.6 Å². The summed E-state index contributed by atoms with van der Waals surface area (Å²) in [5.41, 5.74) is 0.846. The van der Waals surface area contributed by atoms with Gasteiger partial charge in [0.25, 0.3) is 10.0 Å². The van der Waals surface area contributed by atoms with Crippen molar-refractivity contribution in [1.82, 2.24) is 24.5 Å². The Labute approximate surface area is 229 Å². The van der Waals surface area contributed by atoms with Gasteiger partial charge >= 0.3 is 0 Å². The number of aromatic nitrogens is 5. The lowest BCUT2D eigenvalue weighted by Gasteiger charge is -2.15. The van der Waals surface area contributed by atoms with Crippen LogP contribution in [-0.2, 0) is 10.0 Å². The zero-order valence-electron chi connectivity index (χ0n) is 20.0. The van der Waals surface area contributed by atoms with E-state index in [2.05, 4.69) is 25.3 Å². The molecule has 0 amide bonds. The molecule has 3 heterocycles. The predicted molar refractivity (Wildman–Crippen MR) is 144 cm³/mol. The van der Waals surface area contributed by atoms with Crippen LogP contribution in [0.1, 0.15) is 0 Å². The Bertz CT molecular complexity index is 2050. The molecule has 2 N–H and O–H groups in total. The van der Waals surface area contributed by atoms with Crippen molar-refractivity contribution in [2.75, 3.05) is 10.0 Å². The number of hydrogen-bond donors (Lipinski definition) is 2. The first kappa shape index (κ1) is 25.5. The van der Waals surface area contributed by atoms with E-state index in [1.54, 1.807) is 23.0 Å². The number of anilines is 3. The third-order valence-electron chi connectivity index (χ3n) is 5.93. The van der Waals surface area contributed by atoms with E-state index in [1.165, 1.54) is 6.33 Å². The lowest BCUT2D eigenvalue weighted by atomic mass is 10.2. The van der Waals surface area contributed by atoms with Crippen LogP contribution >= 0.6 is 11.6 Å². The Hall–Kier alpha value is -4.75. The maximum absolute atomic E-state index is 15.5. The zero-order valence-corrected chi connectivity index (χ0v) is 21.6. The molecule has 9 nitrogen and oxygen atoms in total. The summed E-state index contributed by atoms with van der Waals surface area (Å²) < 4.78 is 73.1. The van der Waals surface area contributed by atoms with Crippen molar-refractivity contribution >= 4 is 60.9 Å². The van der Waals surface area contributed by atoms with Gasteiger partial charge in [-0.3, -0.25) is 9.29 Å². The van der Waals surface area contributed by atoms with Crippen LogP contribution in [0, 0.1) is 17.5 Å². The minimum atomic E-state index is -4.45. The van der Waals surface area contributed by atoms with Crippen LogP contribution in [0.15, 0.2) is 84.3 Å². The molecular weight excluding hydrogens is 567 g/mol. The predicted octanol–water partition coefficient (Wildman–Crippen LogP) is 5.98. The lowest BCUT2D eigenvalue weighted by Crippen LogP contribution is -2.15. The first-order chi connectivity index (χ1) is 19.2. The van der Waals surface area contributed by atoms with Gasteiger partial charge < -0.3 is 5.32 Å². The number of para-hydroxylation sites is 2. The molecule has 0 fully saturated rings. The van der Waals surface area contributed by atoms with Crippen LogP contribution in [0.3, 0.4) is 0 Å². The largest absolute Gasteiger partial charge is 0.333 e. The zero-order chi connectivity index (χ0) is 28.0. The minimum Gasteiger partial charge on any atom is -0.333 e. The number of pyridine rings is 1. The van der Waals surface area contributed by atoms with Gasteiger partial charge in [-0.2, -0.15) is 0 Å². The van der Waals surface area contributed by atoms with E-state index >= 15 is 4.39 Å². The SMILES string of the molecule is O=S(=O)(Nc1ccc(F)c(Nc2ncnc3ccc(-n4cnc5ccccc54)nc23)c1F)c1ccc(F)cc1Cl. The van der Waals surface area contributed by atoms with E-state index in [9.17, 15) is 17.2 Å². The number of sulfonamides is 1. The van der Waals surface area contributed by atoms with Gasteiger partial charge in [0.15, 0.2) is 11.6 Å². The molecule has 6 aromatic rings. The number of nitrogens with one attached hydrogen (secondary N) is 2. The van der Waals surface area contributed by atoms with Crippen molar-refractivity contribution in [2.45, 2.75) is 4.90 Å². The molecule has 0 aliphatic heterocycles. The summed E-state index contributed by atoms with van der Waals surface area (Å²) in [7, 11) is -4.45.